The monoisotopic (exact) mass is 272 g/mol. The van der Waals surface area contributed by atoms with Gasteiger partial charge in [-0.25, -0.2) is 0 Å². The Hall–Kier alpha value is 0.590. The van der Waals surface area contributed by atoms with E-state index in [0.29, 0.717) is 0 Å². The summed E-state index contributed by atoms with van der Waals surface area (Å²) in [5, 5.41) is 8.13. The van der Waals surface area contributed by atoms with E-state index < -0.39 is 0 Å². The average Bonchev–Trinajstić information content (AvgIpc) is 1.88. The topological polar surface area (TPSA) is 36.1 Å². The smallest absolute Gasteiger partial charge is 0.170 e. The van der Waals surface area contributed by atoms with Gasteiger partial charge in [0.1, 0.15) is 4.38 Å². The van der Waals surface area contributed by atoms with Crippen LogP contribution in [0.4, 0.5) is 0 Å². The maximum atomic E-state index is 8.13. The SMILES string of the molecule is CSC(=NC#N)SCI. The van der Waals surface area contributed by atoms with Crippen molar-refractivity contribution in [3.8, 4) is 6.19 Å². The Morgan fingerprint density at radius 3 is 2.89 bits per heavy atom. The highest BCUT2D eigenvalue weighted by Gasteiger charge is 1.93. The Morgan fingerprint density at radius 1 is 1.89 bits per heavy atom. The van der Waals surface area contributed by atoms with Crippen LogP contribution >= 0.6 is 46.1 Å². The van der Waals surface area contributed by atoms with Crippen LogP contribution < -0.4 is 0 Å². The third kappa shape index (κ3) is 5.06. The number of nitrogens with zero attached hydrogens (tertiary/aromatic N) is 2. The van der Waals surface area contributed by atoms with Crippen LogP contribution in [0.2, 0.25) is 0 Å². The molecular weight excluding hydrogens is 267 g/mol. The molecule has 0 saturated carbocycles. The number of thioether (sulfide) groups is 2. The third-order valence-electron chi connectivity index (χ3n) is 0.494. The number of rotatable bonds is 1. The van der Waals surface area contributed by atoms with Crippen LogP contribution in [0.1, 0.15) is 0 Å². The largest absolute Gasteiger partial charge is 0.207 e. The van der Waals surface area contributed by atoms with Crippen LogP contribution in [0, 0.1) is 11.5 Å². The van der Waals surface area contributed by atoms with Gasteiger partial charge < -0.3 is 0 Å². The molecule has 0 spiro atoms. The predicted octanol–water partition coefficient (Wildman–Crippen LogP) is 2.31. The first-order valence-electron chi connectivity index (χ1n) is 2.04. The molecule has 0 aromatic carbocycles. The molecule has 0 aromatic rings. The number of alkyl halides is 1. The highest BCUT2D eigenvalue weighted by Crippen LogP contribution is 2.15. The minimum atomic E-state index is 0.840. The maximum absolute atomic E-state index is 8.13. The van der Waals surface area contributed by atoms with E-state index in [1.807, 2.05) is 6.26 Å². The van der Waals surface area contributed by atoms with Crippen LogP contribution in [0.25, 0.3) is 0 Å². The number of aliphatic imine (C=N–C) groups is 1. The van der Waals surface area contributed by atoms with Crippen LogP contribution in [0.3, 0.4) is 0 Å². The van der Waals surface area contributed by atoms with Gasteiger partial charge >= 0.3 is 0 Å². The van der Waals surface area contributed by atoms with Crippen molar-refractivity contribution in [2.24, 2.45) is 4.99 Å². The van der Waals surface area contributed by atoms with Crippen molar-refractivity contribution in [2.75, 3.05) is 10.0 Å². The number of halogens is 1. The van der Waals surface area contributed by atoms with Crippen molar-refractivity contribution in [2.45, 2.75) is 0 Å². The van der Waals surface area contributed by atoms with Crippen molar-refractivity contribution in [1.29, 1.82) is 5.26 Å². The van der Waals surface area contributed by atoms with Crippen molar-refractivity contribution in [3.63, 3.8) is 0 Å². The summed E-state index contributed by atoms with van der Waals surface area (Å²) in [7, 11) is 0. The molecule has 0 aromatic heterocycles. The second-order valence-corrected chi connectivity index (χ2v) is 4.75. The molecule has 0 unspecified atom stereocenters. The minimum Gasteiger partial charge on any atom is -0.170 e. The number of hydrogen-bond acceptors (Lipinski definition) is 4. The molecule has 50 valence electrons. The van der Waals surface area contributed by atoms with Gasteiger partial charge in [0, 0.05) is 0 Å². The zero-order valence-electron chi connectivity index (χ0n) is 4.80. The molecule has 9 heavy (non-hydrogen) atoms. The lowest BCUT2D eigenvalue weighted by atomic mass is 11.3. The zero-order chi connectivity index (χ0) is 7.11. The molecule has 0 N–H and O–H groups in total. The molecule has 0 fully saturated rings. The first-order chi connectivity index (χ1) is 4.35. The van der Waals surface area contributed by atoms with Crippen LogP contribution in [0.15, 0.2) is 4.99 Å². The summed E-state index contributed by atoms with van der Waals surface area (Å²) in [6.45, 7) is 0. The van der Waals surface area contributed by atoms with Gasteiger partial charge in [0.2, 0.25) is 6.19 Å². The molecular formula is C4H5IN2S2. The van der Waals surface area contributed by atoms with Gasteiger partial charge in [-0.15, -0.1) is 11.8 Å². The molecule has 0 bridgehead atoms. The van der Waals surface area contributed by atoms with E-state index in [9.17, 15) is 0 Å². The van der Waals surface area contributed by atoms with E-state index in [0.717, 1.165) is 8.14 Å². The Labute approximate surface area is 76.6 Å². The molecule has 2 nitrogen and oxygen atoms in total. The molecule has 0 aliphatic carbocycles. The normalized spacial score (nSPS) is 11.0. The molecule has 5 heteroatoms. The summed E-state index contributed by atoms with van der Waals surface area (Å²) in [6.07, 6.45) is 3.66. The summed E-state index contributed by atoms with van der Waals surface area (Å²) < 4.78 is 1.78. The highest BCUT2D eigenvalue weighted by molar-refractivity contribution is 14.1. The summed E-state index contributed by atoms with van der Waals surface area (Å²) in [6, 6.07) is 0. The van der Waals surface area contributed by atoms with Crippen molar-refractivity contribution in [1.82, 2.24) is 0 Å². The first-order valence-corrected chi connectivity index (χ1v) is 5.78. The summed E-state index contributed by atoms with van der Waals surface area (Å²) in [4.78, 5) is 3.58. The fourth-order valence-electron chi connectivity index (χ4n) is 0.224. The lowest BCUT2D eigenvalue weighted by Crippen LogP contribution is -1.80. The number of hydrogen-bond donors (Lipinski definition) is 0. The molecule has 0 saturated heterocycles. The van der Waals surface area contributed by atoms with Crippen LogP contribution in [-0.2, 0) is 0 Å². The van der Waals surface area contributed by atoms with Crippen molar-refractivity contribution < 1.29 is 0 Å². The maximum Gasteiger partial charge on any atom is 0.207 e. The third-order valence-corrected chi connectivity index (χ3v) is 3.17. The van der Waals surface area contributed by atoms with Gasteiger partial charge in [-0.1, -0.05) is 34.4 Å². The van der Waals surface area contributed by atoms with Crippen LogP contribution in [-0.4, -0.2) is 14.4 Å². The Kier molecular flexibility index (Phi) is 7.15. The molecule has 0 heterocycles. The fourth-order valence-corrected chi connectivity index (χ4v) is 2.72. The quantitative estimate of drug-likeness (QED) is 0.241. The van der Waals surface area contributed by atoms with E-state index in [-0.39, 0.29) is 0 Å². The molecule has 0 amide bonds. The highest BCUT2D eigenvalue weighted by atomic mass is 127. The van der Waals surface area contributed by atoms with Gasteiger partial charge in [-0.3, -0.25) is 0 Å². The Balaban J connectivity index is 3.70. The summed E-state index contributed by atoms with van der Waals surface area (Å²) in [5.41, 5.74) is 0. The fraction of sp³-hybridized carbons (Fsp3) is 0.500. The zero-order valence-corrected chi connectivity index (χ0v) is 8.59. The predicted molar refractivity (Wildman–Crippen MR) is 53.0 cm³/mol. The molecule has 0 aliphatic heterocycles. The second kappa shape index (κ2) is 6.71. The van der Waals surface area contributed by atoms with Crippen molar-refractivity contribution in [3.05, 3.63) is 0 Å². The molecule has 0 atom stereocenters. The van der Waals surface area contributed by atoms with Gasteiger partial charge in [0.25, 0.3) is 0 Å². The summed E-state index contributed by atoms with van der Waals surface area (Å²) in [5.74, 6) is 0. The van der Waals surface area contributed by atoms with E-state index in [4.69, 9.17) is 5.26 Å². The lowest BCUT2D eigenvalue weighted by Gasteiger charge is -1.92. The first kappa shape index (κ1) is 9.59. The Morgan fingerprint density at radius 2 is 2.56 bits per heavy atom. The minimum absolute atomic E-state index is 0.840. The van der Waals surface area contributed by atoms with Gasteiger partial charge in [-0.2, -0.15) is 10.3 Å². The Bertz CT molecular complexity index is 140. The van der Waals surface area contributed by atoms with E-state index in [2.05, 4.69) is 27.6 Å². The van der Waals surface area contributed by atoms with Gasteiger partial charge in [-0.05, 0) is 6.26 Å². The standard InChI is InChI=1S/C4H5IN2S2/c1-8-4(7-3-6)9-2-5/h2H2,1H3. The van der Waals surface area contributed by atoms with E-state index in [1.165, 1.54) is 11.8 Å². The summed E-state index contributed by atoms with van der Waals surface area (Å²) >= 11 is 5.31. The number of nitriles is 1. The lowest BCUT2D eigenvalue weighted by molar-refractivity contribution is 1.45. The average molecular weight is 272 g/mol. The molecule has 0 rings (SSSR count). The van der Waals surface area contributed by atoms with E-state index >= 15 is 0 Å². The van der Waals surface area contributed by atoms with Gasteiger partial charge in [0.05, 0.1) is 3.76 Å². The van der Waals surface area contributed by atoms with Gasteiger partial charge in [0.15, 0.2) is 0 Å². The van der Waals surface area contributed by atoms with Crippen LogP contribution in [0.5, 0.6) is 0 Å². The van der Waals surface area contributed by atoms with Crippen molar-refractivity contribution >= 4 is 50.5 Å². The second-order valence-electron chi connectivity index (χ2n) is 0.935. The van der Waals surface area contributed by atoms with E-state index in [1.54, 1.807) is 18.0 Å². The molecule has 0 radical (unpaired) electrons. The molecule has 0 aliphatic rings.